The zero-order chi connectivity index (χ0) is 11.6. The average Bonchev–Trinajstić information content (AvgIpc) is 2.65. The number of nitrogens with one attached hydrogen (secondary N) is 1. The van der Waals surface area contributed by atoms with Gasteiger partial charge >= 0.3 is 0 Å². The average molecular weight is 223 g/mol. The summed E-state index contributed by atoms with van der Waals surface area (Å²) in [5.41, 5.74) is 0.203. The van der Waals surface area contributed by atoms with Crippen molar-refractivity contribution in [1.82, 2.24) is 15.5 Å². The molecular weight excluding hydrogens is 202 g/mol. The van der Waals surface area contributed by atoms with E-state index in [2.05, 4.69) is 36.2 Å². The van der Waals surface area contributed by atoms with Crippen molar-refractivity contribution < 1.29 is 4.52 Å². The van der Waals surface area contributed by atoms with Crippen molar-refractivity contribution in [3.05, 3.63) is 11.7 Å². The number of nitrogens with zero attached hydrogens (tertiary/aromatic N) is 2. The van der Waals surface area contributed by atoms with E-state index in [4.69, 9.17) is 4.52 Å². The van der Waals surface area contributed by atoms with Crippen LogP contribution in [0.4, 0.5) is 0 Å². The van der Waals surface area contributed by atoms with Gasteiger partial charge < -0.3 is 9.84 Å². The lowest BCUT2D eigenvalue weighted by molar-refractivity contribution is 0.309. The smallest absolute Gasteiger partial charge is 0.227 e. The number of hydrogen-bond donors (Lipinski definition) is 1. The van der Waals surface area contributed by atoms with Crippen molar-refractivity contribution in [1.29, 1.82) is 0 Å². The molecule has 0 aromatic carbocycles. The standard InChI is InChI=1S/C12H21N3O/c1-12(2,3)7-10-14-11(15-16-10)9-5-4-6-13-8-9/h9,13H,4-8H2,1-3H3. The molecule has 1 aromatic heterocycles. The van der Waals surface area contributed by atoms with Gasteiger partial charge in [0.15, 0.2) is 5.82 Å². The van der Waals surface area contributed by atoms with Gasteiger partial charge in [0.1, 0.15) is 0 Å². The summed E-state index contributed by atoms with van der Waals surface area (Å²) in [6.07, 6.45) is 3.22. The number of rotatable bonds is 2. The van der Waals surface area contributed by atoms with E-state index in [1.165, 1.54) is 12.8 Å². The fourth-order valence-electron chi connectivity index (χ4n) is 2.03. The van der Waals surface area contributed by atoms with Gasteiger partial charge in [-0.3, -0.25) is 0 Å². The molecule has 0 saturated carbocycles. The van der Waals surface area contributed by atoms with Crippen molar-refractivity contribution in [2.75, 3.05) is 13.1 Å². The molecule has 0 aliphatic carbocycles. The molecule has 4 heteroatoms. The van der Waals surface area contributed by atoms with E-state index in [0.29, 0.717) is 5.92 Å². The van der Waals surface area contributed by atoms with E-state index in [1.54, 1.807) is 0 Å². The Morgan fingerprint density at radius 1 is 1.44 bits per heavy atom. The van der Waals surface area contributed by atoms with E-state index in [-0.39, 0.29) is 5.41 Å². The van der Waals surface area contributed by atoms with Gasteiger partial charge in [0.05, 0.1) is 0 Å². The summed E-state index contributed by atoms with van der Waals surface area (Å²) in [5, 5.41) is 7.47. The Balaban J connectivity index is 2.01. The first-order valence-corrected chi connectivity index (χ1v) is 6.08. The van der Waals surface area contributed by atoms with Crippen LogP contribution in [0.1, 0.15) is 51.2 Å². The molecule has 1 unspecified atom stereocenters. The largest absolute Gasteiger partial charge is 0.339 e. The Kier molecular flexibility index (Phi) is 3.28. The number of hydrogen-bond acceptors (Lipinski definition) is 4. The van der Waals surface area contributed by atoms with Crippen LogP contribution in [-0.4, -0.2) is 23.2 Å². The Labute approximate surface area is 96.8 Å². The molecule has 0 radical (unpaired) electrons. The van der Waals surface area contributed by atoms with Crippen LogP contribution in [0.15, 0.2) is 4.52 Å². The van der Waals surface area contributed by atoms with Gasteiger partial charge in [-0.15, -0.1) is 0 Å². The summed E-state index contributed by atoms with van der Waals surface area (Å²) in [7, 11) is 0. The molecule has 1 saturated heterocycles. The van der Waals surface area contributed by atoms with Gasteiger partial charge in [0.25, 0.3) is 0 Å². The predicted octanol–water partition coefficient (Wildman–Crippen LogP) is 2.13. The van der Waals surface area contributed by atoms with E-state index in [9.17, 15) is 0 Å². The van der Waals surface area contributed by atoms with Crippen molar-refractivity contribution >= 4 is 0 Å². The summed E-state index contributed by atoms with van der Waals surface area (Å²) >= 11 is 0. The Morgan fingerprint density at radius 3 is 2.88 bits per heavy atom. The summed E-state index contributed by atoms with van der Waals surface area (Å²) < 4.78 is 5.31. The van der Waals surface area contributed by atoms with Crippen LogP contribution in [0.5, 0.6) is 0 Å². The fourth-order valence-corrected chi connectivity index (χ4v) is 2.03. The lowest BCUT2D eigenvalue weighted by Crippen LogP contribution is -2.28. The summed E-state index contributed by atoms with van der Waals surface area (Å²) in [6.45, 7) is 8.63. The molecule has 1 fully saturated rings. The van der Waals surface area contributed by atoms with E-state index >= 15 is 0 Å². The minimum Gasteiger partial charge on any atom is -0.339 e. The lowest BCUT2D eigenvalue weighted by Gasteiger charge is -2.19. The van der Waals surface area contributed by atoms with Gasteiger partial charge in [-0.2, -0.15) is 4.98 Å². The first-order valence-electron chi connectivity index (χ1n) is 6.08. The van der Waals surface area contributed by atoms with Gasteiger partial charge in [-0.25, -0.2) is 0 Å². The second-order valence-electron chi connectivity index (χ2n) is 5.83. The summed E-state index contributed by atoms with van der Waals surface area (Å²) in [4.78, 5) is 4.50. The minimum absolute atomic E-state index is 0.203. The van der Waals surface area contributed by atoms with Crippen LogP contribution in [-0.2, 0) is 6.42 Å². The molecule has 1 atom stereocenters. The van der Waals surface area contributed by atoms with Gasteiger partial charge in [0, 0.05) is 18.9 Å². The molecule has 90 valence electrons. The predicted molar refractivity (Wildman–Crippen MR) is 62.3 cm³/mol. The summed E-state index contributed by atoms with van der Waals surface area (Å²) in [5.74, 6) is 2.09. The zero-order valence-corrected chi connectivity index (χ0v) is 10.4. The highest BCUT2D eigenvalue weighted by Crippen LogP contribution is 2.23. The topological polar surface area (TPSA) is 51.0 Å². The maximum atomic E-state index is 5.31. The second kappa shape index (κ2) is 4.53. The van der Waals surface area contributed by atoms with Gasteiger partial charge in [-0.1, -0.05) is 25.9 Å². The normalized spacial score (nSPS) is 22.3. The maximum absolute atomic E-state index is 5.31. The monoisotopic (exact) mass is 223 g/mol. The molecule has 0 amide bonds. The van der Waals surface area contributed by atoms with E-state index in [0.717, 1.165) is 31.2 Å². The molecule has 1 N–H and O–H groups in total. The van der Waals surface area contributed by atoms with Crippen LogP contribution >= 0.6 is 0 Å². The maximum Gasteiger partial charge on any atom is 0.227 e. The number of piperidine rings is 1. The first-order chi connectivity index (χ1) is 7.54. The SMILES string of the molecule is CC(C)(C)Cc1nc(C2CCCNC2)no1. The minimum atomic E-state index is 0.203. The third-order valence-electron chi connectivity index (χ3n) is 2.83. The van der Waals surface area contributed by atoms with Crippen LogP contribution in [0.25, 0.3) is 0 Å². The molecule has 1 aromatic rings. The van der Waals surface area contributed by atoms with E-state index in [1.807, 2.05) is 0 Å². The van der Waals surface area contributed by atoms with E-state index < -0.39 is 0 Å². The molecule has 2 rings (SSSR count). The van der Waals surface area contributed by atoms with Crippen molar-refractivity contribution in [3.63, 3.8) is 0 Å². The molecular formula is C12H21N3O. The Hall–Kier alpha value is -0.900. The molecule has 1 aliphatic heterocycles. The van der Waals surface area contributed by atoms with Crippen LogP contribution in [0.2, 0.25) is 0 Å². The number of aromatic nitrogens is 2. The molecule has 16 heavy (non-hydrogen) atoms. The second-order valence-corrected chi connectivity index (χ2v) is 5.83. The first kappa shape index (κ1) is 11.6. The highest BCUT2D eigenvalue weighted by atomic mass is 16.5. The van der Waals surface area contributed by atoms with Crippen molar-refractivity contribution in [3.8, 4) is 0 Å². The van der Waals surface area contributed by atoms with Gasteiger partial charge in [-0.05, 0) is 24.8 Å². The van der Waals surface area contributed by atoms with Crippen LogP contribution in [0, 0.1) is 5.41 Å². The highest BCUT2D eigenvalue weighted by molar-refractivity contribution is 4.99. The molecule has 0 spiro atoms. The van der Waals surface area contributed by atoms with Gasteiger partial charge in [0.2, 0.25) is 5.89 Å². The molecule has 0 bridgehead atoms. The molecule has 2 heterocycles. The lowest BCUT2D eigenvalue weighted by atomic mass is 9.92. The van der Waals surface area contributed by atoms with Crippen LogP contribution in [0.3, 0.4) is 0 Å². The quantitative estimate of drug-likeness (QED) is 0.834. The third kappa shape index (κ3) is 3.04. The highest BCUT2D eigenvalue weighted by Gasteiger charge is 2.22. The summed E-state index contributed by atoms with van der Waals surface area (Å²) in [6, 6.07) is 0. The van der Waals surface area contributed by atoms with Crippen LogP contribution < -0.4 is 5.32 Å². The van der Waals surface area contributed by atoms with Crippen molar-refractivity contribution in [2.24, 2.45) is 5.41 Å². The Morgan fingerprint density at radius 2 is 2.25 bits per heavy atom. The van der Waals surface area contributed by atoms with Crippen molar-refractivity contribution in [2.45, 2.75) is 46.0 Å². The zero-order valence-electron chi connectivity index (χ0n) is 10.4. The Bertz CT molecular complexity index is 334. The molecule has 1 aliphatic rings. The third-order valence-corrected chi connectivity index (χ3v) is 2.83. The fraction of sp³-hybridized carbons (Fsp3) is 0.833. The molecule has 4 nitrogen and oxygen atoms in total.